The lowest BCUT2D eigenvalue weighted by atomic mass is 10.2. The number of carbonyl (C=O) groups is 1. The van der Waals surface area contributed by atoms with Gasteiger partial charge in [0.1, 0.15) is 5.82 Å². The Morgan fingerprint density at radius 2 is 1.80 bits per heavy atom. The predicted octanol–water partition coefficient (Wildman–Crippen LogP) is 5.89. The highest BCUT2D eigenvalue weighted by Gasteiger charge is 2.22. The highest BCUT2D eigenvalue weighted by molar-refractivity contribution is 8.00. The van der Waals surface area contributed by atoms with Crippen LogP contribution in [-0.2, 0) is 4.79 Å². The molecule has 0 saturated heterocycles. The lowest BCUT2D eigenvalue weighted by Crippen LogP contribution is -2.24. The van der Waals surface area contributed by atoms with Gasteiger partial charge < -0.3 is 20.1 Å². The van der Waals surface area contributed by atoms with Gasteiger partial charge in [0.05, 0.1) is 10.8 Å². The zero-order chi connectivity index (χ0) is 24.4. The fourth-order valence-corrected chi connectivity index (χ4v) is 4.44. The number of hydrogen-bond acceptors (Lipinski definition) is 7. The molecular weight excluding hydrogens is 474 g/mol. The second-order valence-corrected chi connectivity index (χ2v) is 8.87. The number of carbonyl (C=O) groups excluding carboxylic acids is 1. The predicted molar refractivity (Wildman–Crippen MR) is 130 cm³/mol. The van der Waals surface area contributed by atoms with Crippen LogP contribution in [0.25, 0.3) is 10.9 Å². The Morgan fingerprint density at radius 1 is 1.00 bits per heavy atom. The molecule has 0 radical (unpaired) electrons. The summed E-state index contributed by atoms with van der Waals surface area (Å²) < 4.78 is 37.8. The van der Waals surface area contributed by atoms with Crippen molar-refractivity contribution in [3.05, 3.63) is 72.3 Å². The Bertz CT molecular complexity index is 1420. The summed E-state index contributed by atoms with van der Waals surface area (Å²) in [7, 11) is 0. The number of rotatable bonds is 7. The molecule has 0 saturated carbocycles. The van der Waals surface area contributed by atoms with E-state index in [9.17, 15) is 13.6 Å². The summed E-state index contributed by atoms with van der Waals surface area (Å²) in [6.45, 7) is 2.05. The topological polar surface area (TPSA) is 85.4 Å². The first kappa shape index (κ1) is 22.9. The number of nitrogens with one attached hydrogen (secondary N) is 2. The van der Waals surface area contributed by atoms with Gasteiger partial charge in [0, 0.05) is 28.9 Å². The first-order valence-corrected chi connectivity index (χ1v) is 11.7. The average Bonchev–Trinajstić information content (AvgIpc) is 3.33. The lowest BCUT2D eigenvalue weighted by Gasteiger charge is -2.16. The molecule has 1 atom stereocenters. The molecule has 0 bridgehead atoms. The Kier molecular flexibility index (Phi) is 6.37. The van der Waals surface area contributed by atoms with Crippen molar-refractivity contribution >= 4 is 45.8 Å². The molecule has 0 aliphatic carbocycles. The average molecular weight is 495 g/mol. The smallest absolute Gasteiger partial charge is 0.237 e. The van der Waals surface area contributed by atoms with Crippen LogP contribution in [0.2, 0.25) is 0 Å². The molecule has 1 aliphatic rings. The summed E-state index contributed by atoms with van der Waals surface area (Å²) in [5.74, 6) is -0.462. The van der Waals surface area contributed by atoms with Gasteiger partial charge in [-0.05, 0) is 42.8 Å². The fraction of sp³-hybridized carbons (Fsp3) is 0.160. The van der Waals surface area contributed by atoms with Crippen LogP contribution in [-0.4, -0.2) is 27.9 Å². The highest BCUT2D eigenvalue weighted by atomic mass is 32.2. The van der Waals surface area contributed by atoms with Crippen LogP contribution < -0.4 is 20.1 Å². The molecule has 1 amide bonds. The van der Waals surface area contributed by atoms with E-state index < -0.39 is 16.9 Å². The maximum atomic E-state index is 13.7. The summed E-state index contributed by atoms with van der Waals surface area (Å²) in [4.78, 5) is 22.2. The molecule has 35 heavy (non-hydrogen) atoms. The Morgan fingerprint density at radius 3 is 2.63 bits per heavy atom. The van der Waals surface area contributed by atoms with E-state index in [2.05, 4.69) is 20.6 Å². The Hall–Kier alpha value is -3.92. The molecule has 1 aromatic heterocycles. The standard InChI is InChI=1S/C25H20F2N4O3S/c1-2-22(24(32)29-15-8-10-20-21(12-15)34-13-33-20)35-25-30-19-6-4-3-5-16(19)23(31-25)28-14-7-9-17(26)18(27)11-14/h3-12,22H,2,13H2,1H3,(H,29,32)(H,28,30,31). The minimum absolute atomic E-state index is 0.153. The SMILES string of the molecule is CCC(Sc1nc(Nc2ccc(F)c(F)c2)c2ccccc2n1)C(=O)Nc1ccc2c(c1)OCO2. The third-order valence-electron chi connectivity index (χ3n) is 5.32. The number of para-hydroxylation sites is 1. The number of hydrogen-bond donors (Lipinski definition) is 2. The summed E-state index contributed by atoms with van der Waals surface area (Å²) in [5.41, 5.74) is 1.59. The van der Waals surface area contributed by atoms with E-state index in [1.807, 2.05) is 31.2 Å². The van der Waals surface area contributed by atoms with Crippen molar-refractivity contribution in [2.24, 2.45) is 0 Å². The normalized spacial score (nSPS) is 13.0. The molecule has 1 aliphatic heterocycles. The van der Waals surface area contributed by atoms with Crippen LogP contribution in [0.1, 0.15) is 13.3 Å². The molecule has 2 N–H and O–H groups in total. The van der Waals surface area contributed by atoms with E-state index in [0.717, 1.165) is 12.1 Å². The van der Waals surface area contributed by atoms with Crippen molar-refractivity contribution in [3.8, 4) is 11.5 Å². The summed E-state index contributed by atoms with van der Waals surface area (Å²) in [6.07, 6.45) is 0.531. The molecule has 2 heterocycles. The van der Waals surface area contributed by atoms with E-state index in [-0.39, 0.29) is 12.7 Å². The van der Waals surface area contributed by atoms with Crippen LogP contribution >= 0.6 is 11.8 Å². The molecule has 4 aromatic rings. The number of aromatic nitrogens is 2. The molecule has 7 nitrogen and oxygen atoms in total. The molecule has 0 spiro atoms. The van der Waals surface area contributed by atoms with E-state index >= 15 is 0 Å². The summed E-state index contributed by atoms with van der Waals surface area (Å²) in [5, 5.41) is 6.55. The highest BCUT2D eigenvalue weighted by Crippen LogP contribution is 2.35. The minimum atomic E-state index is -0.964. The molecule has 178 valence electrons. The van der Waals surface area contributed by atoms with Crippen LogP contribution in [0.3, 0.4) is 0 Å². The molecule has 3 aromatic carbocycles. The number of anilines is 3. The van der Waals surface area contributed by atoms with Gasteiger partial charge in [-0.25, -0.2) is 18.7 Å². The first-order chi connectivity index (χ1) is 17.0. The van der Waals surface area contributed by atoms with Gasteiger partial charge in [-0.15, -0.1) is 0 Å². The molecule has 0 fully saturated rings. The van der Waals surface area contributed by atoms with Crippen molar-refractivity contribution in [3.63, 3.8) is 0 Å². The zero-order valence-corrected chi connectivity index (χ0v) is 19.4. The van der Waals surface area contributed by atoms with Crippen LogP contribution in [0.5, 0.6) is 11.5 Å². The molecule has 1 unspecified atom stereocenters. The number of benzene rings is 3. The zero-order valence-electron chi connectivity index (χ0n) is 18.5. The van der Waals surface area contributed by atoms with Gasteiger partial charge in [-0.3, -0.25) is 4.79 Å². The van der Waals surface area contributed by atoms with Crippen molar-refractivity contribution in [2.45, 2.75) is 23.8 Å². The number of amides is 1. The van der Waals surface area contributed by atoms with E-state index in [4.69, 9.17) is 9.47 Å². The van der Waals surface area contributed by atoms with E-state index in [1.165, 1.54) is 17.8 Å². The Labute approximate surface area is 203 Å². The van der Waals surface area contributed by atoms with Crippen LogP contribution in [0, 0.1) is 11.6 Å². The second-order valence-electron chi connectivity index (χ2n) is 7.70. The second kappa shape index (κ2) is 9.75. The molecule has 5 rings (SSSR count). The van der Waals surface area contributed by atoms with Gasteiger partial charge in [0.25, 0.3) is 0 Å². The molecule has 10 heteroatoms. The lowest BCUT2D eigenvalue weighted by molar-refractivity contribution is -0.115. The van der Waals surface area contributed by atoms with Gasteiger partial charge in [-0.1, -0.05) is 30.8 Å². The van der Waals surface area contributed by atoms with E-state index in [1.54, 1.807) is 18.2 Å². The number of nitrogens with zero attached hydrogens (tertiary/aromatic N) is 2. The third-order valence-corrected chi connectivity index (χ3v) is 6.54. The monoisotopic (exact) mass is 494 g/mol. The Balaban J connectivity index is 1.39. The van der Waals surface area contributed by atoms with Crippen LogP contribution in [0.15, 0.2) is 65.8 Å². The summed E-state index contributed by atoms with van der Waals surface area (Å²) in [6, 6.07) is 16.1. The number of fused-ring (bicyclic) bond motifs is 2. The maximum Gasteiger partial charge on any atom is 0.237 e. The van der Waals surface area contributed by atoms with Crippen molar-refractivity contribution in [2.75, 3.05) is 17.4 Å². The van der Waals surface area contributed by atoms with E-state index in [0.29, 0.717) is 51.2 Å². The van der Waals surface area contributed by atoms with Crippen LogP contribution in [0.4, 0.5) is 26.0 Å². The summed E-state index contributed by atoms with van der Waals surface area (Å²) >= 11 is 1.22. The number of thioether (sulfide) groups is 1. The maximum absolute atomic E-state index is 13.7. The fourth-order valence-electron chi connectivity index (χ4n) is 3.56. The van der Waals surface area contributed by atoms with Gasteiger partial charge in [0.15, 0.2) is 28.3 Å². The third kappa shape index (κ3) is 4.97. The van der Waals surface area contributed by atoms with Crippen molar-refractivity contribution in [1.82, 2.24) is 9.97 Å². The van der Waals surface area contributed by atoms with Crippen molar-refractivity contribution < 1.29 is 23.0 Å². The quantitative estimate of drug-likeness (QED) is 0.245. The van der Waals surface area contributed by atoms with Gasteiger partial charge in [0.2, 0.25) is 12.7 Å². The molecular formula is C25H20F2N4O3S. The number of ether oxygens (including phenoxy) is 2. The number of halogens is 2. The minimum Gasteiger partial charge on any atom is -0.454 e. The van der Waals surface area contributed by atoms with Crippen molar-refractivity contribution in [1.29, 1.82) is 0 Å². The van der Waals surface area contributed by atoms with Gasteiger partial charge in [-0.2, -0.15) is 0 Å². The largest absolute Gasteiger partial charge is 0.454 e. The first-order valence-electron chi connectivity index (χ1n) is 10.9. The van der Waals surface area contributed by atoms with Gasteiger partial charge >= 0.3 is 0 Å².